The molecule has 0 aliphatic heterocycles. The van der Waals surface area contributed by atoms with E-state index in [1.54, 1.807) is 31.2 Å². The Hall–Kier alpha value is -3.68. The van der Waals surface area contributed by atoms with Crippen LogP contribution in [-0.2, 0) is 6.54 Å². The van der Waals surface area contributed by atoms with Crippen LogP contribution in [0.2, 0.25) is 0 Å². The van der Waals surface area contributed by atoms with Crippen LogP contribution in [-0.4, -0.2) is 33.9 Å². The first-order valence-corrected chi connectivity index (χ1v) is 9.17. The number of hydrogen-bond acceptors (Lipinski definition) is 5. The van der Waals surface area contributed by atoms with Crippen molar-refractivity contribution in [3.8, 4) is 11.4 Å². The average Bonchev–Trinajstić information content (AvgIpc) is 2.73. The molecule has 0 atom stereocenters. The van der Waals surface area contributed by atoms with Crippen LogP contribution in [0.15, 0.2) is 58.1 Å². The Bertz CT molecular complexity index is 1150. The van der Waals surface area contributed by atoms with E-state index in [4.69, 9.17) is 4.74 Å². The van der Waals surface area contributed by atoms with Gasteiger partial charge in [-0.25, -0.2) is 4.79 Å². The molecule has 0 fully saturated rings. The predicted molar refractivity (Wildman–Crippen MR) is 109 cm³/mol. The molecule has 2 aromatic carbocycles. The van der Waals surface area contributed by atoms with Crippen LogP contribution in [0.5, 0.6) is 5.75 Å². The summed E-state index contributed by atoms with van der Waals surface area (Å²) in [4.78, 5) is 38.4. The summed E-state index contributed by atoms with van der Waals surface area (Å²) in [7, 11) is 1.54. The van der Waals surface area contributed by atoms with Crippen LogP contribution in [0, 0.1) is 6.92 Å². The van der Waals surface area contributed by atoms with Crippen LogP contribution >= 0.6 is 0 Å². The molecule has 0 unspecified atom stereocenters. The lowest BCUT2D eigenvalue weighted by molar-refractivity contribution is 0.0946. The number of amides is 1. The zero-order valence-corrected chi connectivity index (χ0v) is 16.5. The third-order valence-corrected chi connectivity index (χ3v) is 4.52. The maximum absolute atomic E-state index is 13.1. The first kappa shape index (κ1) is 20.1. The molecule has 0 aliphatic rings. The number of benzene rings is 2. The van der Waals surface area contributed by atoms with E-state index in [0.717, 1.165) is 20.4 Å². The average molecular weight is 394 g/mol. The summed E-state index contributed by atoms with van der Waals surface area (Å²) in [5.41, 5.74) is 0.466. The number of ether oxygens (including phenoxy) is 1. The van der Waals surface area contributed by atoms with E-state index in [0.29, 0.717) is 18.0 Å². The zero-order valence-electron chi connectivity index (χ0n) is 16.5. The Balaban J connectivity index is 2.21. The number of methoxy groups -OCH3 is 1. The first-order valence-electron chi connectivity index (χ1n) is 9.17. The van der Waals surface area contributed by atoms with Gasteiger partial charge >= 0.3 is 5.69 Å². The van der Waals surface area contributed by atoms with E-state index in [1.165, 1.54) is 7.11 Å². The summed E-state index contributed by atoms with van der Waals surface area (Å²) in [6.45, 7) is 4.01. The smallest absolute Gasteiger partial charge is 0.352 e. The van der Waals surface area contributed by atoms with E-state index in [9.17, 15) is 14.4 Å². The second-order valence-electron chi connectivity index (χ2n) is 6.42. The van der Waals surface area contributed by atoms with Crippen LogP contribution in [0.3, 0.4) is 0 Å². The van der Waals surface area contributed by atoms with E-state index in [-0.39, 0.29) is 12.2 Å². The van der Waals surface area contributed by atoms with Crippen molar-refractivity contribution in [2.24, 2.45) is 0 Å². The third-order valence-electron chi connectivity index (χ3n) is 4.52. The Morgan fingerprint density at radius 1 is 1.10 bits per heavy atom. The third kappa shape index (κ3) is 4.11. The molecule has 3 aromatic rings. The van der Waals surface area contributed by atoms with Crippen molar-refractivity contribution in [1.82, 2.24) is 19.7 Å². The quantitative estimate of drug-likeness (QED) is 0.684. The highest BCUT2D eigenvalue weighted by Gasteiger charge is 2.20. The number of carbonyl (C=O) groups is 1. The lowest BCUT2D eigenvalue weighted by Crippen LogP contribution is -2.46. The number of aryl methyl sites for hydroxylation is 1. The molecule has 1 aromatic heterocycles. The van der Waals surface area contributed by atoms with Crippen LogP contribution in [0.25, 0.3) is 5.69 Å². The molecule has 1 heterocycles. The van der Waals surface area contributed by atoms with Gasteiger partial charge in [0.1, 0.15) is 5.75 Å². The molecule has 8 nitrogen and oxygen atoms in total. The molecule has 0 saturated heterocycles. The van der Waals surface area contributed by atoms with Crippen molar-refractivity contribution >= 4 is 5.91 Å². The number of nitrogens with zero attached hydrogens (tertiary/aromatic N) is 3. The van der Waals surface area contributed by atoms with Gasteiger partial charge in [0.25, 0.3) is 11.5 Å². The van der Waals surface area contributed by atoms with Crippen LogP contribution < -0.4 is 21.3 Å². The monoisotopic (exact) mass is 394 g/mol. The molecular formula is C21H22N4O4. The summed E-state index contributed by atoms with van der Waals surface area (Å²) < 4.78 is 7.23. The zero-order chi connectivity index (χ0) is 21.0. The molecule has 3 rings (SSSR count). The lowest BCUT2D eigenvalue weighted by atomic mass is 10.1. The van der Waals surface area contributed by atoms with Crippen molar-refractivity contribution in [2.45, 2.75) is 20.4 Å². The molecule has 0 radical (unpaired) electrons. The van der Waals surface area contributed by atoms with Crippen molar-refractivity contribution in [2.75, 3.05) is 13.7 Å². The molecule has 1 N–H and O–H groups in total. The molecule has 0 aliphatic carbocycles. The van der Waals surface area contributed by atoms with Crippen LogP contribution in [0.4, 0.5) is 0 Å². The molecule has 8 heteroatoms. The molecule has 1 amide bonds. The second-order valence-corrected chi connectivity index (χ2v) is 6.42. The molecule has 0 bridgehead atoms. The molecule has 29 heavy (non-hydrogen) atoms. The van der Waals surface area contributed by atoms with Crippen molar-refractivity contribution < 1.29 is 9.53 Å². The number of rotatable bonds is 6. The van der Waals surface area contributed by atoms with E-state index in [2.05, 4.69) is 10.4 Å². The van der Waals surface area contributed by atoms with E-state index < -0.39 is 17.2 Å². The topological polar surface area (TPSA) is 95.2 Å². The molecule has 0 spiro atoms. The highest BCUT2D eigenvalue weighted by molar-refractivity contribution is 5.91. The molecule has 150 valence electrons. The fourth-order valence-electron chi connectivity index (χ4n) is 2.89. The summed E-state index contributed by atoms with van der Waals surface area (Å²) >= 11 is 0. The summed E-state index contributed by atoms with van der Waals surface area (Å²) in [6.07, 6.45) is 0. The molecular weight excluding hydrogens is 372 g/mol. The van der Waals surface area contributed by atoms with Gasteiger partial charge in [-0.15, -0.1) is 0 Å². The van der Waals surface area contributed by atoms with Gasteiger partial charge in [-0.2, -0.15) is 9.78 Å². The van der Waals surface area contributed by atoms with Gasteiger partial charge in [-0.3, -0.25) is 14.2 Å². The minimum absolute atomic E-state index is 0.0371. The number of aromatic nitrogens is 3. The maximum atomic E-state index is 13.1. The minimum atomic E-state index is -0.728. The van der Waals surface area contributed by atoms with Crippen molar-refractivity contribution in [1.29, 1.82) is 0 Å². The SMILES string of the molecule is CCNC(=O)c1nn(-c2ccc(OC)cc2)c(=O)n(Cc2ccccc2C)c1=O. The number of nitrogens with one attached hydrogen (secondary N) is 1. The summed E-state index contributed by atoms with van der Waals surface area (Å²) in [6, 6.07) is 14.1. The van der Waals surface area contributed by atoms with Crippen LogP contribution in [0.1, 0.15) is 28.5 Å². The normalized spacial score (nSPS) is 10.6. The van der Waals surface area contributed by atoms with E-state index in [1.807, 2.05) is 31.2 Å². The standard InChI is InChI=1S/C21H22N4O4/c1-4-22-19(26)18-20(27)24(13-15-8-6-5-7-14(15)2)21(28)25(23-18)16-9-11-17(29-3)12-10-16/h5-12H,4,13H2,1-3H3,(H,22,26). The minimum Gasteiger partial charge on any atom is -0.497 e. The van der Waals surface area contributed by atoms with Gasteiger partial charge in [0.15, 0.2) is 0 Å². The summed E-state index contributed by atoms with van der Waals surface area (Å²) in [5, 5.41) is 6.63. The summed E-state index contributed by atoms with van der Waals surface area (Å²) in [5.74, 6) is -0.0164. The maximum Gasteiger partial charge on any atom is 0.352 e. The van der Waals surface area contributed by atoms with Gasteiger partial charge in [0.05, 0.1) is 19.3 Å². The highest BCUT2D eigenvalue weighted by Crippen LogP contribution is 2.13. The first-order chi connectivity index (χ1) is 14.0. The van der Waals surface area contributed by atoms with Gasteiger partial charge in [0.2, 0.25) is 5.69 Å². The Labute approximate surface area is 167 Å². The second kappa shape index (κ2) is 8.55. The highest BCUT2D eigenvalue weighted by atomic mass is 16.5. The van der Waals surface area contributed by atoms with Gasteiger partial charge in [-0.1, -0.05) is 24.3 Å². The Kier molecular flexibility index (Phi) is 5.92. The van der Waals surface area contributed by atoms with E-state index >= 15 is 0 Å². The Morgan fingerprint density at radius 2 is 1.79 bits per heavy atom. The lowest BCUT2D eigenvalue weighted by Gasteiger charge is -2.13. The Morgan fingerprint density at radius 3 is 2.41 bits per heavy atom. The fourth-order valence-corrected chi connectivity index (χ4v) is 2.89. The predicted octanol–water partition coefficient (Wildman–Crippen LogP) is 1.51. The van der Waals surface area contributed by atoms with Crippen molar-refractivity contribution in [3.63, 3.8) is 0 Å². The van der Waals surface area contributed by atoms with Crippen molar-refractivity contribution in [3.05, 3.63) is 86.2 Å². The largest absolute Gasteiger partial charge is 0.497 e. The fraction of sp³-hybridized carbons (Fsp3) is 0.238. The van der Waals surface area contributed by atoms with Gasteiger partial charge in [0, 0.05) is 6.54 Å². The number of hydrogen-bond donors (Lipinski definition) is 1. The number of carbonyl (C=O) groups excluding carboxylic acids is 1. The molecule has 0 saturated carbocycles. The van der Waals surface area contributed by atoms with Gasteiger partial charge < -0.3 is 10.1 Å². The van der Waals surface area contributed by atoms with Gasteiger partial charge in [-0.05, 0) is 49.2 Å².